The summed E-state index contributed by atoms with van der Waals surface area (Å²) in [4.78, 5) is 17.1. The molecule has 1 aliphatic rings. The normalized spacial score (nSPS) is 15.6. The van der Waals surface area contributed by atoms with Crippen LogP contribution in [0.3, 0.4) is 0 Å². The minimum Gasteiger partial charge on any atom is -0.307 e. The van der Waals surface area contributed by atoms with E-state index in [-0.39, 0.29) is 10.8 Å². The van der Waals surface area contributed by atoms with E-state index in [0.717, 1.165) is 25.0 Å². The Hall–Kier alpha value is -2.25. The van der Waals surface area contributed by atoms with Gasteiger partial charge in [0.2, 0.25) is 10.0 Å². The molecule has 0 bridgehead atoms. The molecule has 2 heterocycles. The number of amides is 1. The van der Waals surface area contributed by atoms with Crippen LogP contribution in [0.25, 0.3) is 0 Å². The van der Waals surface area contributed by atoms with Crippen LogP contribution in [0.2, 0.25) is 0 Å². The number of aryl methyl sites for hydroxylation is 2. The zero-order valence-electron chi connectivity index (χ0n) is 15.0. The van der Waals surface area contributed by atoms with Crippen LogP contribution in [0.4, 0.5) is 5.82 Å². The minimum absolute atomic E-state index is 0.160. The predicted molar refractivity (Wildman–Crippen MR) is 101 cm³/mol. The number of carbonyl (C=O) groups is 1. The van der Waals surface area contributed by atoms with E-state index in [2.05, 4.69) is 10.3 Å². The first kappa shape index (κ1) is 18.5. The number of nitrogens with one attached hydrogen (secondary N) is 1. The molecule has 138 valence electrons. The third-order valence-corrected chi connectivity index (χ3v) is 6.43. The molecule has 3 rings (SSSR count). The summed E-state index contributed by atoms with van der Waals surface area (Å²) < 4.78 is 27.2. The molecule has 26 heavy (non-hydrogen) atoms. The smallest absolute Gasteiger partial charge is 0.257 e. The van der Waals surface area contributed by atoms with E-state index < -0.39 is 10.0 Å². The van der Waals surface area contributed by atoms with Crippen LogP contribution in [-0.4, -0.2) is 36.7 Å². The summed E-state index contributed by atoms with van der Waals surface area (Å²) in [5, 5.41) is 2.74. The van der Waals surface area contributed by atoms with Crippen LogP contribution in [0.15, 0.2) is 41.3 Å². The van der Waals surface area contributed by atoms with Crippen LogP contribution >= 0.6 is 0 Å². The molecular formula is C19H23N3O3S. The standard InChI is InChI=1S/C19H23N3O3S/c1-14-9-10-16(26(24,25)22-11-4-3-5-12-22)13-17(14)19(23)21-18-8-6-7-15(2)20-18/h6-10,13H,3-5,11-12H2,1-2H3,(H,20,21,23). The van der Waals surface area contributed by atoms with Crippen molar-refractivity contribution in [2.24, 2.45) is 0 Å². The number of hydrogen-bond acceptors (Lipinski definition) is 4. The minimum atomic E-state index is -3.58. The molecule has 1 N–H and O–H groups in total. The molecule has 0 radical (unpaired) electrons. The number of pyridine rings is 1. The lowest BCUT2D eigenvalue weighted by Gasteiger charge is -2.26. The van der Waals surface area contributed by atoms with Crippen molar-refractivity contribution < 1.29 is 13.2 Å². The highest BCUT2D eigenvalue weighted by Gasteiger charge is 2.27. The molecule has 1 aromatic heterocycles. The second kappa shape index (κ2) is 7.55. The molecule has 0 saturated carbocycles. The van der Waals surface area contributed by atoms with E-state index >= 15 is 0 Å². The lowest BCUT2D eigenvalue weighted by atomic mass is 10.1. The predicted octanol–water partition coefficient (Wildman–Crippen LogP) is 3.13. The first-order valence-electron chi connectivity index (χ1n) is 8.74. The summed E-state index contributed by atoms with van der Waals surface area (Å²) in [6.07, 6.45) is 2.80. The van der Waals surface area contributed by atoms with Crippen molar-refractivity contribution in [3.8, 4) is 0 Å². The number of piperidine rings is 1. The van der Waals surface area contributed by atoms with Crippen molar-refractivity contribution in [3.63, 3.8) is 0 Å². The summed E-state index contributed by atoms with van der Waals surface area (Å²) in [6, 6.07) is 10.1. The number of aromatic nitrogens is 1. The number of benzene rings is 1. The Kier molecular flexibility index (Phi) is 5.38. The quantitative estimate of drug-likeness (QED) is 0.893. The molecular weight excluding hydrogens is 350 g/mol. The van der Waals surface area contributed by atoms with Crippen molar-refractivity contribution in [1.82, 2.24) is 9.29 Å². The zero-order valence-corrected chi connectivity index (χ0v) is 15.8. The second-order valence-electron chi connectivity index (χ2n) is 6.56. The fourth-order valence-corrected chi connectivity index (χ4v) is 4.60. The maximum atomic E-state index is 12.9. The van der Waals surface area contributed by atoms with Gasteiger partial charge in [0.15, 0.2) is 0 Å². The second-order valence-corrected chi connectivity index (χ2v) is 8.50. The highest BCUT2D eigenvalue weighted by atomic mass is 32.2. The van der Waals surface area contributed by atoms with Crippen LogP contribution in [0.5, 0.6) is 0 Å². The summed E-state index contributed by atoms with van der Waals surface area (Å²) in [5.74, 6) is 0.0787. The Balaban J connectivity index is 1.88. The third kappa shape index (κ3) is 3.94. The molecule has 1 aliphatic heterocycles. The number of anilines is 1. The number of rotatable bonds is 4. The van der Waals surface area contributed by atoms with Gasteiger partial charge in [-0.25, -0.2) is 13.4 Å². The summed E-state index contributed by atoms with van der Waals surface area (Å²) in [7, 11) is -3.58. The molecule has 0 unspecified atom stereocenters. The van der Waals surface area contributed by atoms with Crippen LogP contribution in [-0.2, 0) is 10.0 Å². The van der Waals surface area contributed by atoms with Gasteiger partial charge in [-0.05, 0) is 56.5 Å². The van der Waals surface area contributed by atoms with Crippen molar-refractivity contribution in [2.45, 2.75) is 38.0 Å². The SMILES string of the molecule is Cc1cccc(NC(=O)c2cc(S(=O)(=O)N3CCCCC3)ccc2C)n1. The van der Waals surface area contributed by atoms with Crippen molar-refractivity contribution >= 4 is 21.7 Å². The summed E-state index contributed by atoms with van der Waals surface area (Å²) >= 11 is 0. The van der Waals surface area contributed by atoms with E-state index in [1.54, 1.807) is 25.1 Å². The molecule has 7 heteroatoms. The van der Waals surface area contributed by atoms with Crippen LogP contribution in [0, 0.1) is 13.8 Å². The zero-order chi connectivity index (χ0) is 18.7. The van der Waals surface area contributed by atoms with Gasteiger partial charge in [0.1, 0.15) is 5.82 Å². The molecule has 2 aromatic rings. The summed E-state index contributed by atoms with van der Waals surface area (Å²) in [6.45, 7) is 4.69. The van der Waals surface area contributed by atoms with Crippen LogP contribution < -0.4 is 5.32 Å². The topological polar surface area (TPSA) is 79.4 Å². The van der Waals surface area contributed by atoms with E-state index in [1.807, 2.05) is 19.1 Å². The van der Waals surface area contributed by atoms with Gasteiger partial charge < -0.3 is 5.32 Å². The van der Waals surface area contributed by atoms with E-state index in [4.69, 9.17) is 0 Å². The molecule has 0 aliphatic carbocycles. The number of carbonyl (C=O) groups excluding carboxylic acids is 1. The average molecular weight is 373 g/mol. The lowest BCUT2D eigenvalue weighted by molar-refractivity contribution is 0.102. The highest BCUT2D eigenvalue weighted by Crippen LogP contribution is 2.23. The van der Waals surface area contributed by atoms with E-state index in [0.29, 0.717) is 30.0 Å². The van der Waals surface area contributed by atoms with Gasteiger partial charge in [-0.2, -0.15) is 4.31 Å². The van der Waals surface area contributed by atoms with E-state index in [9.17, 15) is 13.2 Å². The number of hydrogen-bond donors (Lipinski definition) is 1. The van der Waals surface area contributed by atoms with Crippen molar-refractivity contribution in [2.75, 3.05) is 18.4 Å². The fourth-order valence-electron chi connectivity index (χ4n) is 3.06. The molecule has 1 saturated heterocycles. The van der Waals surface area contributed by atoms with Gasteiger partial charge in [0.05, 0.1) is 4.90 Å². The molecule has 1 fully saturated rings. The van der Waals surface area contributed by atoms with E-state index in [1.165, 1.54) is 10.4 Å². The van der Waals surface area contributed by atoms with Gasteiger partial charge in [-0.1, -0.05) is 18.6 Å². The van der Waals surface area contributed by atoms with Gasteiger partial charge in [-0.15, -0.1) is 0 Å². The molecule has 0 spiro atoms. The maximum Gasteiger partial charge on any atom is 0.257 e. The van der Waals surface area contributed by atoms with Crippen molar-refractivity contribution in [1.29, 1.82) is 0 Å². The van der Waals surface area contributed by atoms with Crippen molar-refractivity contribution in [3.05, 3.63) is 53.2 Å². The number of nitrogens with zero attached hydrogens (tertiary/aromatic N) is 2. The Morgan fingerprint density at radius 1 is 1.08 bits per heavy atom. The Morgan fingerprint density at radius 2 is 1.81 bits per heavy atom. The Bertz CT molecular complexity index is 919. The first-order chi connectivity index (χ1) is 12.4. The Labute approximate surface area is 154 Å². The molecule has 1 amide bonds. The lowest BCUT2D eigenvalue weighted by Crippen LogP contribution is -2.35. The summed E-state index contributed by atoms with van der Waals surface area (Å²) in [5.41, 5.74) is 1.85. The molecule has 1 aromatic carbocycles. The molecule has 6 nitrogen and oxygen atoms in total. The van der Waals surface area contributed by atoms with Gasteiger partial charge in [0, 0.05) is 24.3 Å². The van der Waals surface area contributed by atoms with Crippen LogP contribution in [0.1, 0.15) is 40.9 Å². The average Bonchev–Trinajstić information content (AvgIpc) is 2.62. The molecule has 0 atom stereocenters. The Morgan fingerprint density at radius 3 is 2.50 bits per heavy atom. The first-order valence-corrected chi connectivity index (χ1v) is 10.2. The van der Waals surface area contributed by atoms with Gasteiger partial charge >= 0.3 is 0 Å². The third-order valence-electron chi connectivity index (χ3n) is 4.54. The highest BCUT2D eigenvalue weighted by molar-refractivity contribution is 7.89. The van der Waals surface area contributed by atoms with Gasteiger partial charge in [0.25, 0.3) is 5.91 Å². The monoisotopic (exact) mass is 373 g/mol. The number of sulfonamides is 1. The maximum absolute atomic E-state index is 12.9. The fraction of sp³-hybridized carbons (Fsp3) is 0.368. The van der Waals surface area contributed by atoms with Gasteiger partial charge in [-0.3, -0.25) is 4.79 Å². The largest absolute Gasteiger partial charge is 0.307 e.